The third-order valence-corrected chi connectivity index (χ3v) is 4.74. The molecule has 0 bridgehead atoms. The predicted molar refractivity (Wildman–Crippen MR) is 94.5 cm³/mol. The van der Waals surface area contributed by atoms with Gasteiger partial charge in [-0.3, -0.25) is 0 Å². The van der Waals surface area contributed by atoms with Gasteiger partial charge in [-0.25, -0.2) is 4.99 Å². The monoisotopic (exact) mass is 332 g/mol. The van der Waals surface area contributed by atoms with Crippen LogP contribution in [0.5, 0.6) is 0 Å². The molecule has 0 radical (unpaired) electrons. The zero-order valence-corrected chi connectivity index (χ0v) is 14.2. The summed E-state index contributed by atoms with van der Waals surface area (Å²) >= 11 is 12.6. The lowest BCUT2D eigenvalue weighted by Crippen LogP contribution is -2.31. The molecule has 0 aliphatic carbocycles. The Labute approximate surface area is 141 Å². The maximum Gasteiger partial charge on any atom is 0.105 e. The molecule has 2 nitrogen and oxygen atoms in total. The van der Waals surface area contributed by atoms with Crippen LogP contribution in [0.1, 0.15) is 30.5 Å². The standard InChI is InChI=1S/C18H18Cl2N2/c1-3-18-21-16-9-8-13(19)10-12(16)11-17(22(18)2)14-6-4-5-7-15(14)20/h4-10,17H,3,11H2,1-2H3. The molecule has 1 aliphatic heterocycles. The first-order chi connectivity index (χ1) is 10.6. The number of hydrogen-bond acceptors (Lipinski definition) is 2. The Morgan fingerprint density at radius 3 is 2.68 bits per heavy atom. The Kier molecular flexibility index (Phi) is 4.42. The number of hydrogen-bond donors (Lipinski definition) is 0. The summed E-state index contributed by atoms with van der Waals surface area (Å²) in [7, 11) is 2.09. The number of aliphatic imine (C=N–C) groups is 1. The zero-order valence-electron chi connectivity index (χ0n) is 12.7. The number of halogens is 2. The van der Waals surface area contributed by atoms with Gasteiger partial charge in [0.05, 0.1) is 11.7 Å². The number of rotatable bonds is 2. The topological polar surface area (TPSA) is 15.6 Å². The van der Waals surface area contributed by atoms with Gasteiger partial charge in [0.25, 0.3) is 0 Å². The minimum Gasteiger partial charge on any atom is -0.356 e. The summed E-state index contributed by atoms with van der Waals surface area (Å²) in [6.45, 7) is 2.12. The second kappa shape index (κ2) is 6.31. The molecule has 1 heterocycles. The highest BCUT2D eigenvalue weighted by atomic mass is 35.5. The lowest BCUT2D eigenvalue weighted by Gasteiger charge is -2.30. The third-order valence-electron chi connectivity index (χ3n) is 4.16. The van der Waals surface area contributed by atoms with Crippen LogP contribution in [-0.2, 0) is 6.42 Å². The van der Waals surface area contributed by atoms with E-state index in [0.717, 1.165) is 45.5 Å². The van der Waals surface area contributed by atoms with Gasteiger partial charge in [0, 0.05) is 23.5 Å². The van der Waals surface area contributed by atoms with Crippen LogP contribution in [0.4, 0.5) is 5.69 Å². The SMILES string of the molecule is CCC1=Nc2ccc(Cl)cc2CC(c2ccccc2Cl)N1C. The predicted octanol–water partition coefficient (Wildman–Crippen LogP) is 5.66. The van der Waals surface area contributed by atoms with Gasteiger partial charge in [-0.1, -0.05) is 48.3 Å². The molecule has 0 fully saturated rings. The molecule has 114 valence electrons. The van der Waals surface area contributed by atoms with Crippen molar-refractivity contribution in [3.05, 3.63) is 63.6 Å². The quantitative estimate of drug-likeness (QED) is 0.692. The molecule has 22 heavy (non-hydrogen) atoms. The van der Waals surface area contributed by atoms with Crippen molar-refractivity contribution in [3.63, 3.8) is 0 Å². The van der Waals surface area contributed by atoms with E-state index in [-0.39, 0.29) is 6.04 Å². The van der Waals surface area contributed by atoms with E-state index >= 15 is 0 Å². The van der Waals surface area contributed by atoms with Crippen molar-refractivity contribution in [2.45, 2.75) is 25.8 Å². The first-order valence-corrected chi connectivity index (χ1v) is 8.19. The van der Waals surface area contributed by atoms with Crippen molar-refractivity contribution >= 4 is 34.7 Å². The Hall–Kier alpha value is -1.51. The summed E-state index contributed by atoms with van der Waals surface area (Å²) in [5, 5.41) is 1.54. The van der Waals surface area contributed by atoms with Crippen molar-refractivity contribution in [2.75, 3.05) is 7.05 Å². The zero-order chi connectivity index (χ0) is 15.7. The van der Waals surface area contributed by atoms with E-state index in [4.69, 9.17) is 28.2 Å². The van der Waals surface area contributed by atoms with Crippen LogP contribution in [0.25, 0.3) is 0 Å². The lowest BCUT2D eigenvalue weighted by molar-refractivity contribution is 0.370. The lowest BCUT2D eigenvalue weighted by atomic mass is 9.97. The molecule has 4 heteroatoms. The molecule has 0 spiro atoms. The van der Waals surface area contributed by atoms with Crippen molar-refractivity contribution in [1.29, 1.82) is 0 Å². The average molecular weight is 333 g/mol. The summed E-state index contributed by atoms with van der Waals surface area (Å²) in [4.78, 5) is 7.06. The maximum atomic E-state index is 6.43. The molecule has 2 aromatic rings. The molecule has 1 aliphatic rings. The summed E-state index contributed by atoms with van der Waals surface area (Å²) in [5.74, 6) is 1.06. The van der Waals surface area contributed by atoms with E-state index < -0.39 is 0 Å². The second-order valence-electron chi connectivity index (χ2n) is 5.51. The highest BCUT2D eigenvalue weighted by Gasteiger charge is 2.26. The summed E-state index contributed by atoms with van der Waals surface area (Å²) < 4.78 is 0. The average Bonchev–Trinajstić information content (AvgIpc) is 2.65. The van der Waals surface area contributed by atoms with Crippen molar-refractivity contribution in [3.8, 4) is 0 Å². The minimum absolute atomic E-state index is 0.159. The van der Waals surface area contributed by atoms with Gasteiger partial charge >= 0.3 is 0 Å². The van der Waals surface area contributed by atoms with Gasteiger partial charge in [-0.05, 0) is 41.8 Å². The van der Waals surface area contributed by atoms with E-state index in [1.807, 2.05) is 36.4 Å². The van der Waals surface area contributed by atoms with Gasteiger partial charge in [-0.15, -0.1) is 0 Å². The molecule has 1 unspecified atom stereocenters. The maximum absolute atomic E-state index is 6.43. The van der Waals surface area contributed by atoms with Gasteiger partial charge in [-0.2, -0.15) is 0 Å². The molecule has 0 aromatic heterocycles. The Balaban J connectivity index is 2.12. The van der Waals surface area contributed by atoms with Crippen molar-refractivity contribution in [1.82, 2.24) is 4.90 Å². The van der Waals surface area contributed by atoms with E-state index in [1.165, 1.54) is 0 Å². The van der Waals surface area contributed by atoms with Crippen LogP contribution in [-0.4, -0.2) is 17.8 Å². The Morgan fingerprint density at radius 2 is 1.95 bits per heavy atom. The fourth-order valence-corrected chi connectivity index (χ4v) is 3.42. The Bertz CT molecular complexity index is 725. The molecular formula is C18H18Cl2N2. The second-order valence-corrected chi connectivity index (χ2v) is 6.35. The highest BCUT2D eigenvalue weighted by Crippen LogP contribution is 2.37. The molecule has 1 atom stereocenters. The Morgan fingerprint density at radius 1 is 1.18 bits per heavy atom. The van der Waals surface area contributed by atoms with Crippen molar-refractivity contribution < 1.29 is 0 Å². The first kappa shape index (κ1) is 15.4. The van der Waals surface area contributed by atoms with E-state index in [0.29, 0.717) is 0 Å². The number of fused-ring (bicyclic) bond motifs is 1. The van der Waals surface area contributed by atoms with Crippen LogP contribution in [0.2, 0.25) is 10.0 Å². The summed E-state index contributed by atoms with van der Waals surface area (Å²) in [6.07, 6.45) is 1.71. The molecule has 3 rings (SSSR count). The van der Waals surface area contributed by atoms with E-state index in [2.05, 4.69) is 24.9 Å². The van der Waals surface area contributed by atoms with Gasteiger partial charge < -0.3 is 4.90 Å². The smallest absolute Gasteiger partial charge is 0.105 e. The van der Waals surface area contributed by atoms with Crippen LogP contribution >= 0.6 is 23.2 Å². The number of nitrogens with zero attached hydrogens (tertiary/aromatic N) is 2. The third kappa shape index (κ3) is 2.86. The largest absolute Gasteiger partial charge is 0.356 e. The summed E-state index contributed by atoms with van der Waals surface area (Å²) in [5.41, 5.74) is 3.29. The molecule has 0 amide bonds. The van der Waals surface area contributed by atoms with Crippen LogP contribution in [0.3, 0.4) is 0 Å². The van der Waals surface area contributed by atoms with Crippen LogP contribution in [0.15, 0.2) is 47.5 Å². The molecule has 0 N–H and O–H groups in total. The highest BCUT2D eigenvalue weighted by molar-refractivity contribution is 6.31. The van der Waals surface area contributed by atoms with Crippen LogP contribution < -0.4 is 0 Å². The number of amidine groups is 1. The molecular weight excluding hydrogens is 315 g/mol. The number of benzene rings is 2. The molecule has 0 saturated heterocycles. The van der Waals surface area contributed by atoms with Crippen LogP contribution in [0, 0.1) is 0 Å². The van der Waals surface area contributed by atoms with E-state index in [9.17, 15) is 0 Å². The van der Waals surface area contributed by atoms with Crippen molar-refractivity contribution in [2.24, 2.45) is 4.99 Å². The van der Waals surface area contributed by atoms with E-state index in [1.54, 1.807) is 0 Å². The van der Waals surface area contributed by atoms with Gasteiger partial charge in [0.1, 0.15) is 5.84 Å². The first-order valence-electron chi connectivity index (χ1n) is 7.43. The van der Waals surface area contributed by atoms with Gasteiger partial charge in [0.15, 0.2) is 0 Å². The van der Waals surface area contributed by atoms with Gasteiger partial charge in [0.2, 0.25) is 0 Å². The minimum atomic E-state index is 0.159. The fourth-order valence-electron chi connectivity index (χ4n) is 2.96. The fraction of sp³-hybridized carbons (Fsp3) is 0.278. The number of likely N-dealkylation sites (N-methyl/N-ethyl adjacent to an activating group) is 1. The summed E-state index contributed by atoms with van der Waals surface area (Å²) in [6, 6.07) is 14.1. The molecule has 0 saturated carbocycles. The molecule has 2 aromatic carbocycles. The normalized spacial score (nSPS) is 17.7.